The van der Waals surface area contributed by atoms with Crippen LogP contribution in [0.5, 0.6) is 0 Å². The number of carbonyl (C=O) groups is 2. The Bertz CT molecular complexity index is 245. The number of rotatable bonds is 2. The smallest absolute Gasteiger partial charge is 0.256 e. The number of likely N-dealkylation sites (tertiary alicyclic amines) is 1. The normalized spacial score (nSPS) is 20.5. The molecule has 1 rings (SSSR count). The first-order valence-corrected chi connectivity index (χ1v) is 4.12. The van der Waals surface area contributed by atoms with Crippen LogP contribution in [0.2, 0.25) is 0 Å². The molecule has 0 spiro atoms. The molecule has 2 amide bonds. The van der Waals surface area contributed by atoms with Crippen LogP contribution in [0.15, 0.2) is 12.2 Å². The Morgan fingerprint density at radius 3 is 2.50 bits per heavy atom. The molecule has 1 unspecified atom stereocenters. The Labute approximate surface area is 72.0 Å². The molecule has 1 fully saturated rings. The summed E-state index contributed by atoms with van der Waals surface area (Å²) in [7, 11) is 0. The zero-order valence-electron chi connectivity index (χ0n) is 7.46. The van der Waals surface area contributed by atoms with Crippen molar-refractivity contribution < 1.29 is 9.59 Å². The lowest BCUT2D eigenvalue weighted by atomic mass is 10.2. The number of hydrogen-bond acceptors (Lipinski definition) is 2. The van der Waals surface area contributed by atoms with E-state index in [2.05, 4.69) is 6.58 Å². The summed E-state index contributed by atoms with van der Waals surface area (Å²) in [5, 5.41) is 0. The quantitative estimate of drug-likeness (QED) is 0.456. The van der Waals surface area contributed by atoms with Crippen LogP contribution in [-0.2, 0) is 9.59 Å². The van der Waals surface area contributed by atoms with Crippen LogP contribution < -0.4 is 0 Å². The van der Waals surface area contributed by atoms with Crippen LogP contribution in [0.1, 0.15) is 26.7 Å². The van der Waals surface area contributed by atoms with Crippen molar-refractivity contribution in [3.63, 3.8) is 0 Å². The molecule has 0 radical (unpaired) electrons. The lowest BCUT2D eigenvalue weighted by molar-refractivity contribution is -0.139. The predicted octanol–water partition coefficient (Wildman–Crippen LogP) is 1.10. The summed E-state index contributed by atoms with van der Waals surface area (Å²) in [6, 6.07) is 0.00394. The standard InChI is InChI=1S/C9H13NO2/c1-4-7(3)10-8(11)5-6(2)9(10)12/h7H,2,4-5H2,1,3H3. The van der Waals surface area contributed by atoms with E-state index in [1.165, 1.54) is 4.90 Å². The Morgan fingerprint density at radius 2 is 2.17 bits per heavy atom. The average molecular weight is 167 g/mol. The van der Waals surface area contributed by atoms with Gasteiger partial charge >= 0.3 is 0 Å². The molecule has 3 heteroatoms. The van der Waals surface area contributed by atoms with Crippen molar-refractivity contribution in [1.29, 1.82) is 0 Å². The summed E-state index contributed by atoms with van der Waals surface area (Å²) < 4.78 is 0. The zero-order chi connectivity index (χ0) is 9.30. The minimum absolute atomic E-state index is 0.00394. The molecule has 0 saturated carbocycles. The summed E-state index contributed by atoms with van der Waals surface area (Å²) in [6.07, 6.45) is 0.994. The first-order valence-electron chi connectivity index (χ1n) is 4.12. The number of imide groups is 1. The van der Waals surface area contributed by atoms with E-state index in [9.17, 15) is 9.59 Å². The van der Waals surface area contributed by atoms with Crippen LogP contribution in [0.4, 0.5) is 0 Å². The largest absolute Gasteiger partial charge is 0.276 e. The van der Waals surface area contributed by atoms with E-state index >= 15 is 0 Å². The second-order valence-corrected chi connectivity index (χ2v) is 3.11. The highest BCUT2D eigenvalue weighted by Crippen LogP contribution is 2.20. The fraction of sp³-hybridized carbons (Fsp3) is 0.556. The molecule has 66 valence electrons. The maximum Gasteiger partial charge on any atom is 0.256 e. The Balaban J connectivity index is 2.83. The van der Waals surface area contributed by atoms with Gasteiger partial charge in [0.15, 0.2) is 0 Å². The fourth-order valence-corrected chi connectivity index (χ4v) is 1.26. The zero-order valence-corrected chi connectivity index (χ0v) is 7.46. The Kier molecular flexibility index (Phi) is 2.31. The number of hydrogen-bond donors (Lipinski definition) is 0. The van der Waals surface area contributed by atoms with Gasteiger partial charge in [-0.05, 0) is 13.3 Å². The van der Waals surface area contributed by atoms with Crippen LogP contribution in [-0.4, -0.2) is 22.8 Å². The van der Waals surface area contributed by atoms with Crippen molar-refractivity contribution in [2.24, 2.45) is 0 Å². The average Bonchev–Trinajstić information content (AvgIpc) is 2.26. The summed E-state index contributed by atoms with van der Waals surface area (Å²) in [4.78, 5) is 23.9. The molecule has 12 heavy (non-hydrogen) atoms. The van der Waals surface area contributed by atoms with Gasteiger partial charge in [0.2, 0.25) is 5.91 Å². The second kappa shape index (κ2) is 3.09. The molecule has 0 aromatic carbocycles. The Morgan fingerprint density at radius 1 is 1.58 bits per heavy atom. The summed E-state index contributed by atoms with van der Waals surface area (Å²) >= 11 is 0. The second-order valence-electron chi connectivity index (χ2n) is 3.11. The molecule has 1 aliphatic heterocycles. The van der Waals surface area contributed by atoms with Crippen LogP contribution in [0, 0.1) is 0 Å². The van der Waals surface area contributed by atoms with Gasteiger partial charge in [-0.1, -0.05) is 13.5 Å². The third kappa shape index (κ3) is 1.26. The first-order chi connectivity index (χ1) is 5.57. The van der Waals surface area contributed by atoms with Crippen molar-refractivity contribution >= 4 is 11.8 Å². The van der Waals surface area contributed by atoms with Gasteiger partial charge in [-0.3, -0.25) is 14.5 Å². The van der Waals surface area contributed by atoms with E-state index in [1.807, 2.05) is 13.8 Å². The van der Waals surface area contributed by atoms with Crippen LogP contribution in [0.25, 0.3) is 0 Å². The SMILES string of the molecule is C=C1CC(=O)N(C(C)CC)C1=O. The summed E-state index contributed by atoms with van der Waals surface area (Å²) in [5.74, 6) is -0.311. The number of amides is 2. The lowest BCUT2D eigenvalue weighted by Crippen LogP contribution is -2.37. The van der Waals surface area contributed by atoms with E-state index in [1.54, 1.807) is 0 Å². The molecule has 0 aromatic heterocycles. The fourth-order valence-electron chi connectivity index (χ4n) is 1.26. The molecule has 0 aliphatic carbocycles. The van der Waals surface area contributed by atoms with Gasteiger partial charge in [-0.25, -0.2) is 0 Å². The lowest BCUT2D eigenvalue weighted by Gasteiger charge is -2.20. The van der Waals surface area contributed by atoms with E-state index in [0.717, 1.165) is 6.42 Å². The predicted molar refractivity (Wildman–Crippen MR) is 45.4 cm³/mol. The first kappa shape index (κ1) is 8.97. The van der Waals surface area contributed by atoms with E-state index in [4.69, 9.17) is 0 Å². The van der Waals surface area contributed by atoms with Gasteiger partial charge in [0.05, 0.1) is 6.42 Å². The molecule has 0 N–H and O–H groups in total. The third-order valence-corrected chi connectivity index (χ3v) is 2.19. The highest BCUT2D eigenvalue weighted by atomic mass is 16.2. The summed E-state index contributed by atoms with van der Waals surface area (Å²) in [6.45, 7) is 7.36. The maximum atomic E-state index is 11.3. The number of carbonyl (C=O) groups excluding carboxylic acids is 2. The molecule has 1 saturated heterocycles. The molecule has 1 heterocycles. The van der Waals surface area contributed by atoms with Gasteiger partial charge in [-0.15, -0.1) is 0 Å². The highest BCUT2D eigenvalue weighted by Gasteiger charge is 2.34. The van der Waals surface area contributed by atoms with E-state index in [-0.39, 0.29) is 24.3 Å². The van der Waals surface area contributed by atoms with Crippen molar-refractivity contribution in [1.82, 2.24) is 4.90 Å². The number of nitrogens with zero attached hydrogens (tertiary/aromatic N) is 1. The van der Waals surface area contributed by atoms with Crippen LogP contribution >= 0.6 is 0 Å². The third-order valence-electron chi connectivity index (χ3n) is 2.19. The van der Waals surface area contributed by atoms with Gasteiger partial charge < -0.3 is 0 Å². The molecule has 1 atom stereocenters. The maximum absolute atomic E-state index is 11.3. The van der Waals surface area contributed by atoms with Crippen molar-refractivity contribution in [3.8, 4) is 0 Å². The minimum Gasteiger partial charge on any atom is -0.276 e. The van der Waals surface area contributed by atoms with Crippen molar-refractivity contribution in [2.75, 3.05) is 0 Å². The van der Waals surface area contributed by atoms with Gasteiger partial charge in [-0.2, -0.15) is 0 Å². The minimum atomic E-state index is -0.200. The monoisotopic (exact) mass is 167 g/mol. The Hall–Kier alpha value is -1.12. The van der Waals surface area contributed by atoms with Gasteiger partial charge in [0.1, 0.15) is 0 Å². The van der Waals surface area contributed by atoms with Crippen LogP contribution in [0.3, 0.4) is 0 Å². The topological polar surface area (TPSA) is 37.4 Å². The molecular weight excluding hydrogens is 154 g/mol. The molecular formula is C9H13NO2. The highest BCUT2D eigenvalue weighted by molar-refractivity contribution is 6.13. The summed E-state index contributed by atoms with van der Waals surface area (Å²) in [5.41, 5.74) is 0.417. The van der Waals surface area contributed by atoms with Crippen molar-refractivity contribution in [2.45, 2.75) is 32.7 Å². The molecule has 3 nitrogen and oxygen atoms in total. The van der Waals surface area contributed by atoms with E-state index < -0.39 is 0 Å². The van der Waals surface area contributed by atoms with Crippen molar-refractivity contribution in [3.05, 3.63) is 12.2 Å². The van der Waals surface area contributed by atoms with Gasteiger partial charge in [0, 0.05) is 11.6 Å². The molecule has 0 bridgehead atoms. The molecule has 1 aliphatic rings. The molecule has 0 aromatic rings. The van der Waals surface area contributed by atoms with Gasteiger partial charge in [0.25, 0.3) is 5.91 Å². The van der Waals surface area contributed by atoms with E-state index in [0.29, 0.717) is 5.57 Å².